The normalized spacial score (nSPS) is 45.9. The third kappa shape index (κ3) is 21.9. The van der Waals surface area contributed by atoms with Gasteiger partial charge in [-0.2, -0.15) is 0 Å². The first kappa shape index (κ1) is 88.1. The molecule has 6 heterocycles. The molecule has 0 aromatic heterocycles. The van der Waals surface area contributed by atoms with E-state index in [-0.39, 0.29) is 69.8 Å². The van der Waals surface area contributed by atoms with Gasteiger partial charge in [0.05, 0.1) is 36.4 Å². The zero-order valence-electron chi connectivity index (χ0n) is 56.5. The van der Waals surface area contributed by atoms with Gasteiger partial charge in [-0.25, -0.2) is 0 Å². The molecular formula is C59H118N16O26S2. The summed E-state index contributed by atoms with van der Waals surface area (Å²) in [5.41, 5.74) is 73.7. The molecule has 40 N–H and O–H groups in total. The van der Waals surface area contributed by atoms with E-state index < -0.39 is 233 Å². The molecule has 8 rings (SSSR count). The third-order valence-corrected chi connectivity index (χ3v) is 20.2. The topological polar surface area (TPSA) is 732 Å². The van der Waals surface area contributed by atoms with Gasteiger partial charge in [0.1, 0.15) is 134 Å². The number of rotatable bonds is 33. The molecule has 103 heavy (non-hydrogen) atoms. The second-order valence-electron chi connectivity index (χ2n) is 27.0. The minimum absolute atomic E-state index is 0. The molecule has 0 amide bonds. The molecule has 38 atom stereocenters. The average Bonchev–Trinajstić information content (AvgIpc) is 1.76. The van der Waals surface area contributed by atoms with E-state index >= 15 is 0 Å². The molecule has 2 saturated carbocycles. The van der Waals surface area contributed by atoms with Gasteiger partial charge in [0, 0.05) is 103 Å². The van der Waals surface area contributed by atoms with Crippen LogP contribution in [0.1, 0.15) is 46.0 Å². The van der Waals surface area contributed by atoms with Crippen molar-refractivity contribution < 1.29 is 128 Å². The molecule has 0 bridgehead atoms. The number of hydrogen-bond donors (Lipinski definition) is 28. The van der Waals surface area contributed by atoms with Crippen LogP contribution in [0.4, 0.5) is 0 Å². The molecule has 8 fully saturated rings. The Kier molecular flexibility index (Phi) is 35.3. The summed E-state index contributed by atoms with van der Waals surface area (Å²) >= 11 is 11.1. The smallest absolute Gasteiger partial charge is 0.187 e. The van der Waals surface area contributed by atoms with Gasteiger partial charge in [-0.3, -0.25) is 0 Å². The summed E-state index contributed by atoms with van der Waals surface area (Å²) in [7, 11) is 0. The van der Waals surface area contributed by atoms with Crippen LogP contribution < -0.4 is 90.1 Å². The van der Waals surface area contributed by atoms with Gasteiger partial charge in [0.2, 0.25) is 0 Å². The molecule has 0 radical (unpaired) electrons. The van der Waals surface area contributed by atoms with Crippen molar-refractivity contribution in [3.05, 3.63) is 0 Å². The second-order valence-corrected chi connectivity index (χ2v) is 27.9. The predicted molar refractivity (Wildman–Crippen MR) is 367 cm³/mol. The van der Waals surface area contributed by atoms with Crippen LogP contribution in [0.2, 0.25) is 0 Å². The van der Waals surface area contributed by atoms with E-state index in [2.05, 4.69) is 21.3 Å². The van der Waals surface area contributed by atoms with E-state index in [1.54, 1.807) is 0 Å². The van der Waals surface area contributed by atoms with Gasteiger partial charge in [-0.05, 0) is 63.0 Å². The minimum Gasteiger partial charge on any atom is -0.389 e. The highest BCUT2D eigenvalue weighted by molar-refractivity contribution is 7.80. The van der Waals surface area contributed by atoms with E-state index in [0.717, 1.165) is 0 Å². The molecule has 0 spiro atoms. The molecule has 6 saturated heterocycles. The standard InChI is InChI=1S/C58H114N16O26S2.CH4/c59-13-23-35(77)39(81)29(67)51(89-23)95-45-21(65)11-19(63)33(75)49(45)99-55-43(85)47(97-53-31(69)41(83)37(79)25(15-61)91-53)27(93-55)17-73-57(101)71-5-3-9-87-7-1-2-8-88-10-4-6-72-58(102)74-18-28-48(98-54-32(70)42(84)38(80)26(16-62)92-54)44(86)56(94-28)100-50-34(76)20(64)12-22(66)46(50)96-52-30(68)40(82)36(78)24(14-60)90-52;/h19-56,75-86H,1-18,59-70H2,(H2,71,73,101)(H2,72,74,102);1H4/t19-,20+,21?,22?,23?,24?,25+,26-,27-,28-,29?,30?,31?,32?,33?,34+,35?,36?,37?,38?,39-,40-,41?,42?,43+,44?,45?,46?,47?,48?,49-,50?,51-,52+,53-,54+,55+,56+;/m1./s1. The van der Waals surface area contributed by atoms with Crippen molar-refractivity contribution in [2.75, 3.05) is 78.8 Å². The van der Waals surface area contributed by atoms with Gasteiger partial charge in [-0.15, -0.1) is 0 Å². The lowest BCUT2D eigenvalue weighted by Gasteiger charge is -2.47. The quantitative estimate of drug-likeness (QED) is 0.0214. The first-order valence-electron chi connectivity index (χ1n) is 34.6. The van der Waals surface area contributed by atoms with E-state index in [9.17, 15) is 61.3 Å². The van der Waals surface area contributed by atoms with Crippen LogP contribution in [0.5, 0.6) is 0 Å². The number of nitrogens with one attached hydrogen (secondary N) is 4. The highest BCUT2D eigenvalue weighted by Gasteiger charge is 2.58. The Labute approximate surface area is 607 Å². The van der Waals surface area contributed by atoms with Crippen molar-refractivity contribution in [1.82, 2.24) is 21.3 Å². The highest BCUT2D eigenvalue weighted by Crippen LogP contribution is 2.37. The molecule has 2 aliphatic carbocycles. The van der Waals surface area contributed by atoms with Crippen LogP contribution in [0.3, 0.4) is 0 Å². The fourth-order valence-electron chi connectivity index (χ4n) is 13.4. The molecule has 0 aromatic rings. The van der Waals surface area contributed by atoms with Crippen LogP contribution in [0.15, 0.2) is 0 Å². The minimum atomic E-state index is -1.66. The number of thiocarbonyl (C=S) groups is 2. The van der Waals surface area contributed by atoms with E-state index in [4.69, 9.17) is 160 Å². The Balaban J connectivity index is 0.0000149. The van der Waals surface area contributed by atoms with Gasteiger partial charge >= 0.3 is 0 Å². The third-order valence-electron chi connectivity index (χ3n) is 19.6. The van der Waals surface area contributed by atoms with Crippen molar-refractivity contribution in [3.63, 3.8) is 0 Å². The first-order valence-corrected chi connectivity index (χ1v) is 35.4. The highest BCUT2D eigenvalue weighted by atomic mass is 32.1. The van der Waals surface area contributed by atoms with Gasteiger partial charge in [-0.1, -0.05) is 7.43 Å². The molecule has 21 unspecified atom stereocenters. The average molecular weight is 1530 g/mol. The van der Waals surface area contributed by atoms with Crippen LogP contribution >= 0.6 is 24.4 Å². The maximum absolute atomic E-state index is 11.9. The zero-order chi connectivity index (χ0) is 74.5. The van der Waals surface area contributed by atoms with Crippen molar-refractivity contribution in [2.45, 2.75) is 279 Å². The molecule has 0 aromatic carbocycles. The molecular weight excluding hydrogens is 1410 g/mol. The van der Waals surface area contributed by atoms with Gasteiger partial charge < -0.3 is 218 Å². The summed E-state index contributed by atoms with van der Waals surface area (Å²) in [5.74, 6) is 0. The molecule has 42 nitrogen and oxygen atoms in total. The number of aliphatic hydroxyl groups excluding tert-OH is 12. The molecule has 8 aliphatic rings. The lowest BCUT2D eigenvalue weighted by Crippen LogP contribution is -2.68. The summed E-state index contributed by atoms with van der Waals surface area (Å²) < 4.78 is 84.6. The van der Waals surface area contributed by atoms with Gasteiger partial charge in [0.25, 0.3) is 0 Å². The number of aliphatic hydroxyl groups is 12. The number of ether oxygens (including phenoxy) is 14. The lowest BCUT2D eigenvalue weighted by molar-refractivity contribution is -0.306. The van der Waals surface area contributed by atoms with Crippen molar-refractivity contribution >= 4 is 34.7 Å². The Morgan fingerprint density at radius 3 is 0.864 bits per heavy atom. The lowest BCUT2D eigenvalue weighted by atomic mass is 9.84. The van der Waals surface area contributed by atoms with E-state index in [0.29, 0.717) is 65.2 Å². The summed E-state index contributed by atoms with van der Waals surface area (Å²) in [4.78, 5) is 0. The number of unbranched alkanes of at least 4 members (excludes halogenated alkanes) is 1. The van der Waals surface area contributed by atoms with Crippen molar-refractivity contribution in [1.29, 1.82) is 0 Å². The Morgan fingerprint density at radius 2 is 0.573 bits per heavy atom. The maximum atomic E-state index is 11.9. The fraction of sp³-hybridized carbons (Fsp3) is 0.966. The first-order chi connectivity index (χ1) is 48.5. The van der Waals surface area contributed by atoms with Crippen molar-refractivity contribution in [2.24, 2.45) is 68.8 Å². The van der Waals surface area contributed by atoms with Crippen LogP contribution in [0.25, 0.3) is 0 Å². The number of hydrogen-bond acceptors (Lipinski definition) is 40. The largest absolute Gasteiger partial charge is 0.389 e. The molecule has 602 valence electrons. The summed E-state index contributed by atoms with van der Waals surface area (Å²) in [6.07, 6.45) is -38.6. The SMILES string of the molecule is C.NCC1O[C@H](OC2C(N)C[C@@H](N)C(O)[C@H]2O[C@@H]2O[C@H](CNC(=S)NCCCOCCCCOCCCNC(=S)NC[C@H]3O[C@@H](OC4C(O[C@@H]5OC(CN)C(O)[C@H](O)C5N)C(N)C[C@H](N)[C@@H]4O)C(O)C3O[C@@H]3O[C@H](CN)C(O)C(O)C3N)C(O[C@H]3O[C@@H](CN)C(O)C(O)C3N)[C@@H]2O)C(N)[C@@H](O)C1O. The fourth-order valence-corrected chi connectivity index (χ4v) is 13.8. The molecule has 6 aliphatic heterocycles. The molecule has 44 heteroatoms. The second kappa shape index (κ2) is 41.2. The predicted octanol–water partition coefficient (Wildman–Crippen LogP) is -15.6. The Hall–Kier alpha value is -2.14. The summed E-state index contributed by atoms with van der Waals surface area (Å²) in [6.45, 7) is 1.46. The van der Waals surface area contributed by atoms with E-state index in [1.165, 1.54) is 0 Å². The Bertz CT molecular complexity index is 2350. The van der Waals surface area contributed by atoms with Gasteiger partial charge in [0.15, 0.2) is 48.0 Å². The maximum Gasteiger partial charge on any atom is 0.187 e. The number of nitrogens with two attached hydrogens (primary N) is 12. The zero-order valence-corrected chi connectivity index (χ0v) is 58.1. The van der Waals surface area contributed by atoms with Crippen molar-refractivity contribution in [3.8, 4) is 0 Å². The van der Waals surface area contributed by atoms with Crippen LogP contribution in [-0.2, 0) is 66.3 Å². The summed E-state index contributed by atoms with van der Waals surface area (Å²) in [5, 5.41) is 144. The van der Waals surface area contributed by atoms with Crippen LogP contribution in [-0.4, -0.2) is 383 Å². The van der Waals surface area contributed by atoms with E-state index in [1.807, 2.05) is 0 Å². The monoisotopic (exact) mass is 1530 g/mol. The Morgan fingerprint density at radius 1 is 0.311 bits per heavy atom. The van der Waals surface area contributed by atoms with Crippen LogP contribution in [0, 0.1) is 0 Å². The summed E-state index contributed by atoms with van der Waals surface area (Å²) in [6, 6.07) is -8.90.